The molecule has 1 aromatic heterocycles. The fourth-order valence-corrected chi connectivity index (χ4v) is 4.30. The molecule has 2 fully saturated rings. The summed E-state index contributed by atoms with van der Waals surface area (Å²) in [5.74, 6) is 0.797. The molecule has 0 spiro atoms. The van der Waals surface area contributed by atoms with Crippen LogP contribution in [0.1, 0.15) is 55.3 Å². The molecule has 2 unspecified atom stereocenters. The van der Waals surface area contributed by atoms with Crippen LogP contribution in [0.2, 0.25) is 0 Å². The summed E-state index contributed by atoms with van der Waals surface area (Å²) >= 11 is 1.37. The van der Waals surface area contributed by atoms with Crippen LogP contribution < -0.4 is 5.32 Å². The third-order valence-corrected chi connectivity index (χ3v) is 5.31. The molecule has 110 valence electrons. The summed E-state index contributed by atoms with van der Waals surface area (Å²) in [6, 6.07) is 0.441. The summed E-state index contributed by atoms with van der Waals surface area (Å²) in [5, 5.41) is 12.5. The number of rotatable bonds is 3. The number of nitrogens with zero attached hydrogens (tertiary/aromatic N) is 3. The van der Waals surface area contributed by atoms with E-state index in [1.807, 2.05) is 6.92 Å². The van der Waals surface area contributed by atoms with Crippen LogP contribution in [0.15, 0.2) is 0 Å². The molecule has 20 heavy (non-hydrogen) atoms. The van der Waals surface area contributed by atoms with E-state index in [4.69, 9.17) is 0 Å². The minimum absolute atomic E-state index is 0.0863. The molecule has 2 atom stereocenters. The van der Waals surface area contributed by atoms with Gasteiger partial charge in [0.05, 0.1) is 0 Å². The molecule has 1 saturated carbocycles. The molecule has 1 N–H and O–H groups in total. The zero-order valence-electron chi connectivity index (χ0n) is 12.0. The van der Waals surface area contributed by atoms with Crippen molar-refractivity contribution in [3.63, 3.8) is 0 Å². The molecule has 3 rings (SSSR count). The lowest BCUT2D eigenvalue weighted by Gasteiger charge is -2.43. The molecule has 2 heterocycles. The summed E-state index contributed by atoms with van der Waals surface area (Å²) in [4.78, 5) is 14.8. The Morgan fingerprint density at radius 3 is 2.95 bits per heavy atom. The van der Waals surface area contributed by atoms with E-state index in [9.17, 15) is 4.79 Å². The Kier molecular flexibility index (Phi) is 4.19. The second-order valence-corrected chi connectivity index (χ2v) is 6.67. The second kappa shape index (κ2) is 6.08. The molecular formula is C14H22N4OS. The van der Waals surface area contributed by atoms with Gasteiger partial charge in [0.1, 0.15) is 0 Å². The van der Waals surface area contributed by atoms with Crippen LogP contribution in [0.4, 0.5) is 5.13 Å². The van der Waals surface area contributed by atoms with Gasteiger partial charge in [0.2, 0.25) is 10.1 Å². The maximum atomic E-state index is 12.7. The summed E-state index contributed by atoms with van der Waals surface area (Å²) in [7, 11) is 0. The van der Waals surface area contributed by atoms with Crippen LogP contribution in [0.25, 0.3) is 0 Å². The van der Waals surface area contributed by atoms with Gasteiger partial charge in [0.25, 0.3) is 5.91 Å². The molecule has 1 aliphatic carbocycles. The van der Waals surface area contributed by atoms with Crippen molar-refractivity contribution < 1.29 is 4.79 Å². The molecule has 2 aliphatic rings. The summed E-state index contributed by atoms with van der Waals surface area (Å²) in [5.41, 5.74) is 0. The minimum atomic E-state index is 0.0863. The Bertz CT molecular complexity index is 473. The second-order valence-electron chi connectivity index (χ2n) is 5.70. The number of piperidine rings is 1. The van der Waals surface area contributed by atoms with Gasteiger partial charge < -0.3 is 10.2 Å². The summed E-state index contributed by atoms with van der Waals surface area (Å²) in [6.45, 7) is 3.70. The lowest BCUT2D eigenvalue weighted by Crippen LogP contribution is -2.49. The molecule has 5 nitrogen and oxygen atoms in total. The van der Waals surface area contributed by atoms with Gasteiger partial charge in [-0.2, -0.15) is 0 Å². The fraction of sp³-hybridized carbons (Fsp3) is 0.786. The lowest BCUT2D eigenvalue weighted by atomic mass is 9.78. The predicted molar refractivity (Wildman–Crippen MR) is 80.1 cm³/mol. The highest BCUT2D eigenvalue weighted by Crippen LogP contribution is 2.36. The van der Waals surface area contributed by atoms with Crippen molar-refractivity contribution in [1.29, 1.82) is 0 Å². The first-order chi connectivity index (χ1) is 9.79. The Morgan fingerprint density at radius 1 is 1.30 bits per heavy atom. The molecule has 1 saturated heterocycles. The van der Waals surface area contributed by atoms with E-state index in [1.54, 1.807) is 0 Å². The summed E-state index contributed by atoms with van der Waals surface area (Å²) in [6.07, 6.45) is 7.44. The van der Waals surface area contributed by atoms with E-state index < -0.39 is 0 Å². The number of hydrogen-bond donors (Lipinski definition) is 1. The van der Waals surface area contributed by atoms with Crippen LogP contribution in [-0.4, -0.2) is 40.1 Å². The maximum Gasteiger partial charge on any atom is 0.285 e. The van der Waals surface area contributed by atoms with E-state index in [0.717, 1.165) is 31.1 Å². The SMILES string of the molecule is CCNc1nnc(C(=O)N2CCCC3CCCCC32)s1. The molecule has 0 aromatic carbocycles. The smallest absolute Gasteiger partial charge is 0.285 e. The highest BCUT2D eigenvalue weighted by molar-refractivity contribution is 7.17. The first-order valence-corrected chi connectivity index (χ1v) is 8.49. The van der Waals surface area contributed by atoms with Crippen molar-refractivity contribution >= 4 is 22.4 Å². The molecule has 1 aliphatic heterocycles. The first kappa shape index (κ1) is 13.8. The number of nitrogens with one attached hydrogen (secondary N) is 1. The normalized spacial score (nSPS) is 26.1. The number of hydrogen-bond acceptors (Lipinski definition) is 5. The van der Waals surface area contributed by atoms with Crippen LogP contribution in [-0.2, 0) is 0 Å². The number of carbonyl (C=O) groups is 1. The van der Waals surface area contributed by atoms with Crippen LogP contribution >= 0.6 is 11.3 Å². The largest absolute Gasteiger partial charge is 0.360 e. The Labute approximate surface area is 123 Å². The number of anilines is 1. The van der Waals surface area contributed by atoms with Crippen molar-refractivity contribution in [2.75, 3.05) is 18.4 Å². The maximum absolute atomic E-state index is 12.7. The van der Waals surface area contributed by atoms with Crippen molar-refractivity contribution in [3.05, 3.63) is 5.01 Å². The molecule has 6 heteroatoms. The lowest BCUT2D eigenvalue weighted by molar-refractivity contribution is 0.0389. The molecule has 0 bridgehead atoms. The van der Waals surface area contributed by atoms with E-state index in [1.165, 1.54) is 37.0 Å². The summed E-state index contributed by atoms with van der Waals surface area (Å²) < 4.78 is 0. The van der Waals surface area contributed by atoms with Crippen molar-refractivity contribution in [3.8, 4) is 0 Å². The van der Waals surface area contributed by atoms with Gasteiger partial charge in [-0.15, -0.1) is 10.2 Å². The Morgan fingerprint density at radius 2 is 2.10 bits per heavy atom. The van der Waals surface area contributed by atoms with Gasteiger partial charge in [-0.3, -0.25) is 4.79 Å². The number of fused-ring (bicyclic) bond motifs is 1. The molecular weight excluding hydrogens is 272 g/mol. The van der Waals surface area contributed by atoms with E-state index >= 15 is 0 Å². The average molecular weight is 294 g/mol. The van der Waals surface area contributed by atoms with Gasteiger partial charge in [0.15, 0.2) is 0 Å². The van der Waals surface area contributed by atoms with Gasteiger partial charge in [-0.25, -0.2) is 0 Å². The topological polar surface area (TPSA) is 58.1 Å². The van der Waals surface area contributed by atoms with Crippen LogP contribution in [0.5, 0.6) is 0 Å². The van der Waals surface area contributed by atoms with E-state index in [0.29, 0.717) is 17.0 Å². The molecule has 1 aromatic rings. The van der Waals surface area contributed by atoms with Crippen molar-refractivity contribution in [2.45, 2.75) is 51.5 Å². The van der Waals surface area contributed by atoms with Gasteiger partial charge in [-0.05, 0) is 38.5 Å². The standard InChI is InChI=1S/C14H22N4OS/c1-2-15-14-17-16-12(20-14)13(19)18-9-5-7-10-6-3-4-8-11(10)18/h10-11H,2-9H2,1H3,(H,15,17). The van der Waals surface area contributed by atoms with Crippen LogP contribution in [0, 0.1) is 5.92 Å². The van der Waals surface area contributed by atoms with Crippen molar-refractivity contribution in [2.24, 2.45) is 5.92 Å². The van der Waals surface area contributed by atoms with E-state index in [-0.39, 0.29) is 5.91 Å². The van der Waals surface area contributed by atoms with E-state index in [2.05, 4.69) is 20.4 Å². The minimum Gasteiger partial charge on any atom is -0.360 e. The first-order valence-electron chi connectivity index (χ1n) is 7.68. The highest BCUT2D eigenvalue weighted by Gasteiger charge is 2.36. The quantitative estimate of drug-likeness (QED) is 0.931. The van der Waals surface area contributed by atoms with Gasteiger partial charge >= 0.3 is 0 Å². The molecule has 0 radical (unpaired) electrons. The third-order valence-electron chi connectivity index (χ3n) is 4.44. The fourth-order valence-electron chi connectivity index (χ4n) is 3.53. The number of amides is 1. The monoisotopic (exact) mass is 294 g/mol. The average Bonchev–Trinajstić information content (AvgIpc) is 2.95. The zero-order chi connectivity index (χ0) is 13.9. The van der Waals surface area contributed by atoms with Gasteiger partial charge in [-0.1, -0.05) is 24.2 Å². The predicted octanol–water partition coefficient (Wildman–Crippen LogP) is 2.76. The highest BCUT2D eigenvalue weighted by atomic mass is 32.1. The number of aromatic nitrogens is 2. The third kappa shape index (κ3) is 2.66. The Hall–Kier alpha value is -1.17. The number of likely N-dealkylation sites (tertiary alicyclic amines) is 1. The molecule has 1 amide bonds. The van der Waals surface area contributed by atoms with Crippen molar-refractivity contribution in [1.82, 2.24) is 15.1 Å². The van der Waals surface area contributed by atoms with Crippen LogP contribution in [0.3, 0.4) is 0 Å². The Balaban J connectivity index is 1.74. The number of carbonyl (C=O) groups excluding carboxylic acids is 1. The zero-order valence-corrected chi connectivity index (χ0v) is 12.8. The van der Waals surface area contributed by atoms with Gasteiger partial charge in [0, 0.05) is 19.1 Å².